The fraction of sp³-hybridized carbons (Fsp3) is 0.526. The summed E-state index contributed by atoms with van der Waals surface area (Å²) in [5.41, 5.74) is 3.80. The van der Waals surface area contributed by atoms with E-state index < -0.39 is 0 Å². The van der Waals surface area contributed by atoms with E-state index in [9.17, 15) is 0 Å². The first-order valence-electron chi connectivity index (χ1n) is 9.12. The molecule has 1 saturated heterocycles. The number of benzene rings is 1. The summed E-state index contributed by atoms with van der Waals surface area (Å²) in [6.45, 7) is 8.35. The molecule has 2 aliphatic heterocycles. The molecule has 2 aromatic rings. The summed E-state index contributed by atoms with van der Waals surface area (Å²) in [4.78, 5) is 12.5. The summed E-state index contributed by atoms with van der Waals surface area (Å²) in [5.74, 6) is 0.949. The summed E-state index contributed by atoms with van der Waals surface area (Å²) in [6, 6.07) is 8.51. The standard InChI is InChI=1S/C19H26N4O2/c1-3-17(25-12-9-22-7-10-24-11-8-22)4-2-16(1)13-23-6-5-18-19(14-23)21-15-20-18/h1-4,15H,5-14H2,(H,20,21). The summed E-state index contributed by atoms with van der Waals surface area (Å²) >= 11 is 0. The van der Waals surface area contributed by atoms with Crippen molar-refractivity contribution in [2.24, 2.45) is 0 Å². The fourth-order valence-electron chi connectivity index (χ4n) is 3.46. The average Bonchev–Trinajstić information content (AvgIpc) is 3.12. The van der Waals surface area contributed by atoms with E-state index in [4.69, 9.17) is 9.47 Å². The average molecular weight is 342 g/mol. The van der Waals surface area contributed by atoms with E-state index in [0.29, 0.717) is 0 Å². The van der Waals surface area contributed by atoms with Gasteiger partial charge >= 0.3 is 0 Å². The second-order valence-corrected chi connectivity index (χ2v) is 6.73. The van der Waals surface area contributed by atoms with E-state index >= 15 is 0 Å². The third-order valence-corrected chi connectivity index (χ3v) is 4.97. The van der Waals surface area contributed by atoms with Gasteiger partial charge in [-0.15, -0.1) is 0 Å². The fourth-order valence-corrected chi connectivity index (χ4v) is 3.46. The maximum absolute atomic E-state index is 5.88. The Kier molecular flexibility index (Phi) is 5.30. The lowest BCUT2D eigenvalue weighted by Gasteiger charge is -2.26. The summed E-state index contributed by atoms with van der Waals surface area (Å²) in [5, 5.41) is 0. The number of imidazole rings is 1. The normalized spacial score (nSPS) is 18.9. The van der Waals surface area contributed by atoms with Crippen molar-refractivity contribution < 1.29 is 9.47 Å². The van der Waals surface area contributed by atoms with Gasteiger partial charge in [-0.3, -0.25) is 9.80 Å². The number of H-pyrrole nitrogens is 1. The van der Waals surface area contributed by atoms with Gasteiger partial charge in [0.25, 0.3) is 0 Å². The Hall–Kier alpha value is -1.89. The number of ether oxygens (including phenoxy) is 2. The van der Waals surface area contributed by atoms with Gasteiger partial charge in [0.2, 0.25) is 0 Å². The smallest absolute Gasteiger partial charge is 0.119 e. The molecule has 4 rings (SSSR count). The molecule has 1 aromatic heterocycles. The highest BCUT2D eigenvalue weighted by Crippen LogP contribution is 2.19. The predicted molar refractivity (Wildman–Crippen MR) is 95.6 cm³/mol. The molecule has 1 aromatic carbocycles. The van der Waals surface area contributed by atoms with Gasteiger partial charge < -0.3 is 14.5 Å². The van der Waals surface area contributed by atoms with Gasteiger partial charge in [0, 0.05) is 51.4 Å². The van der Waals surface area contributed by atoms with Crippen molar-refractivity contribution in [3.63, 3.8) is 0 Å². The highest BCUT2D eigenvalue weighted by Gasteiger charge is 2.18. The van der Waals surface area contributed by atoms with Crippen molar-refractivity contribution in [3.8, 4) is 5.75 Å². The summed E-state index contributed by atoms with van der Waals surface area (Å²) < 4.78 is 11.2. The van der Waals surface area contributed by atoms with Crippen LogP contribution < -0.4 is 4.74 Å². The first-order valence-corrected chi connectivity index (χ1v) is 9.12. The van der Waals surface area contributed by atoms with Gasteiger partial charge in [0.1, 0.15) is 12.4 Å². The van der Waals surface area contributed by atoms with E-state index in [1.165, 1.54) is 17.0 Å². The number of morpholine rings is 1. The number of aromatic amines is 1. The zero-order valence-corrected chi connectivity index (χ0v) is 14.6. The number of nitrogens with zero attached hydrogens (tertiary/aromatic N) is 3. The monoisotopic (exact) mass is 342 g/mol. The van der Waals surface area contributed by atoms with E-state index in [1.54, 1.807) is 6.33 Å². The zero-order chi connectivity index (χ0) is 16.9. The van der Waals surface area contributed by atoms with Crippen LogP contribution in [-0.2, 0) is 24.2 Å². The Balaban J connectivity index is 1.23. The molecule has 0 bridgehead atoms. The topological polar surface area (TPSA) is 53.6 Å². The molecule has 0 aliphatic carbocycles. The number of aromatic nitrogens is 2. The highest BCUT2D eigenvalue weighted by atomic mass is 16.5. The van der Waals surface area contributed by atoms with Gasteiger partial charge in [-0.05, 0) is 17.7 Å². The molecule has 3 heterocycles. The molecule has 2 aliphatic rings. The largest absolute Gasteiger partial charge is 0.492 e. The van der Waals surface area contributed by atoms with Crippen molar-refractivity contribution in [2.45, 2.75) is 19.5 Å². The zero-order valence-electron chi connectivity index (χ0n) is 14.6. The van der Waals surface area contributed by atoms with Gasteiger partial charge in [-0.1, -0.05) is 12.1 Å². The Morgan fingerprint density at radius 2 is 1.92 bits per heavy atom. The van der Waals surface area contributed by atoms with E-state index in [-0.39, 0.29) is 0 Å². The van der Waals surface area contributed by atoms with Crippen LogP contribution in [0.2, 0.25) is 0 Å². The van der Waals surface area contributed by atoms with Crippen LogP contribution in [0.5, 0.6) is 5.75 Å². The van der Waals surface area contributed by atoms with Crippen molar-refractivity contribution in [1.82, 2.24) is 19.8 Å². The van der Waals surface area contributed by atoms with Crippen LogP contribution in [0.25, 0.3) is 0 Å². The van der Waals surface area contributed by atoms with E-state index in [2.05, 4.69) is 44.0 Å². The summed E-state index contributed by atoms with van der Waals surface area (Å²) in [6.07, 6.45) is 2.86. The number of fused-ring (bicyclic) bond motifs is 1. The molecule has 1 N–H and O–H groups in total. The first-order chi connectivity index (χ1) is 12.4. The third-order valence-electron chi connectivity index (χ3n) is 4.97. The number of hydrogen-bond acceptors (Lipinski definition) is 5. The van der Waals surface area contributed by atoms with Crippen LogP contribution in [0, 0.1) is 0 Å². The van der Waals surface area contributed by atoms with Crippen LogP contribution >= 0.6 is 0 Å². The third kappa shape index (κ3) is 4.39. The molecule has 6 heteroatoms. The lowest BCUT2D eigenvalue weighted by molar-refractivity contribution is 0.0322. The molecule has 0 amide bonds. The maximum atomic E-state index is 5.88. The molecular weight excluding hydrogens is 316 g/mol. The SMILES string of the molecule is c1nc2c([nH]1)CCN(Cc1ccc(OCCN3CCOCC3)cc1)C2. The second-order valence-electron chi connectivity index (χ2n) is 6.73. The van der Waals surface area contributed by atoms with Crippen LogP contribution in [0.15, 0.2) is 30.6 Å². The number of nitrogens with one attached hydrogen (secondary N) is 1. The van der Waals surface area contributed by atoms with Gasteiger partial charge in [-0.25, -0.2) is 4.98 Å². The number of hydrogen-bond donors (Lipinski definition) is 1. The van der Waals surface area contributed by atoms with Crippen molar-refractivity contribution >= 4 is 0 Å². The quantitative estimate of drug-likeness (QED) is 0.866. The first kappa shape index (κ1) is 16.6. The Bertz CT molecular complexity index is 664. The lowest BCUT2D eigenvalue weighted by atomic mass is 10.1. The van der Waals surface area contributed by atoms with Crippen molar-refractivity contribution in [3.05, 3.63) is 47.5 Å². The molecule has 0 atom stereocenters. The van der Waals surface area contributed by atoms with E-state index in [0.717, 1.165) is 71.3 Å². The van der Waals surface area contributed by atoms with Gasteiger partial charge in [0.05, 0.1) is 25.2 Å². The molecule has 134 valence electrons. The molecule has 1 fully saturated rings. The van der Waals surface area contributed by atoms with Crippen molar-refractivity contribution in [1.29, 1.82) is 0 Å². The second kappa shape index (κ2) is 7.99. The molecule has 0 spiro atoms. The van der Waals surface area contributed by atoms with Crippen LogP contribution in [0.1, 0.15) is 17.0 Å². The predicted octanol–water partition coefficient (Wildman–Crippen LogP) is 1.68. The minimum absolute atomic E-state index is 0.730. The molecule has 0 saturated carbocycles. The maximum Gasteiger partial charge on any atom is 0.119 e. The molecule has 0 unspecified atom stereocenters. The van der Waals surface area contributed by atoms with Crippen molar-refractivity contribution in [2.75, 3.05) is 46.0 Å². The van der Waals surface area contributed by atoms with Crippen LogP contribution in [0.3, 0.4) is 0 Å². The van der Waals surface area contributed by atoms with Crippen LogP contribution in [0.4, 0.5) is 0 Å². The van der Waals surface area contributed by atoms with Gasteiger partial charge in [-0.2, -0.15) is 0 Å². The van der Waals surface area contributed by atoms with E-state index in [1.807, 2.05) is 0 Å². The van der Waals surface area contributed by atoms with Gasteiger partial charge in [0.15, 0.2) is 0 Å². The summed E-state index contributed by atoms with van der Waals surface area (Å²) in [7, 11) is 0. The molecular formula is C19H26N4O2. The molecule has 6 nitrogen and oxygen atoms in total. The highest BCUT2D eigenvalue weighted by molar-refractivity contribution is 5.27. The Labute approximate surface area is 148 Å². The molecule has 25 heavy (non-hydrogen) atoms. The minimum Gasteiger partial charge on any atom is -0.492 e. The minimum atomic E-state index is 0.730. The number of rotatable bonds is 6. The molecule has 0 radical (unpaired) electrons. The Morgan fingerprint density at radius 1 is 1.08 bits per heavy atom. The lowest BCUT2D eigenvalue weighted by Crippen LogP contribution is -2.38. The Morgan fingerprint density at radius 3 is 2.76 bits per heavy atom. The van der Waals surface area contributed by atoms with Crippen LogP contribution in [-0.4, -0.2) is 65.8 Å².